The summed E-state index contributed by atoms with van der Waals surface area (Å²) in [5, 5.41) is 5.04. The Morgan fingerprint density at radius 1 is 0.825 bits per heavy atom. The number of amides is 1. The number of benzene rings is 4. The first-order chi connectivity index (χ1) is 19.3. The number of nitrogens with one attached hydrogen (secondary N) is 2. The number of hydrogen-bond acceptors (Lipinski definition) is 5. The second-order valence-corrected chi connectivity index (χ2v) is 11.1. The van der Waals surface area contributed by atoms with Crippen LogP contribution < -0.4 is 19.5 Å². The number of ether oxygens (including phenoxy) is 2. The van der Waals surface area contributed by atoms with E-state index in [0.717, 1.165) is 33.9 Å². The zero-order valence-electron chi connectivity index (χ0n) is 22.5. The third-order valence-electron chi connectivity index (χ3n) is 6.92. The molecule has 9 heteroatoms. The second-order valence-electron chi connectivity index (χ2n) is 9.36. The molecule has 0 aliphatic rings. The largest absolute Gasteiger partial charge is 0.493 e. The van der Waals surface area contributed by atoms with Crippen molar-refractivity contribution < 1.29 is 22.7 Å². The van der Waals surface area contributed by atoms with Crippen LogP contribution in [0.5, 0.6) is 11.5 Å². The van der Waals surface area contributed by atoms with Gasteiger partial charge in [0.25, 0.3) is 0 Å². The first kappa shape index (κ1) is 27.2. The smallest absolute Gasteiger partial charge is 0.242 e. The van der Waals surface area contributed by atoms with Crippen molar-refractivity contribution in [3.05, 3.63) is 96.6 Å². The molecule has 0 bridgehead atoms. The van der Waals surface area contributed by atoms with E-state index in [2.05, 4.69) is 33.7 Å². The van der Waals surface area contributed by atoms with E-state index in [1.165, 1.54) is 32.4 Å². The zero-order valence-corrected chi connectivity index (χ0v) is 23.4. The third kappa shape index (κ3) is 5.38. The Balaban J connectivity index is 1.47. The zero-order chi connectivity index (χ0) is 28.3. The number of hydrogen-bond donors (Lipinski definition) is 2. The van der Waals surface area contributed by atoms with Gasteiger partial charge in [0.2, 0.25) is 15.9 Å². The summed E-state index contributed by atoms with van der Waals surface area (Å²) in [4.78, 5) is 13.6. The minimum Gasteiger partial charge on any atom is -0.493 e. The number of methoxy groups -OCH3 is 2. The van der Waals surface area contributed by atoms with Crippen molar-refractivity contribution >= 4 is 43.4 Å². The van der Waals surface area contributed by atoms with Gasteiger partial charge in [-0.3, -0.25) is 4.79 Å². The standard InChI is InChI=1S/C31H31N3O5S/c1-4-34-27-13-9-8-12-24(27)25-19-22(14-16-28(25)34)32-31(35)26(18-21-10-6-5-7-11-21)33-40(36,37)23-15-17-29(38-2)30(20-23)39-3/h5-17,19-20,26,33H,4,18H2,1-3H3,(H,32,35). The highest BCUT2D eigenvalue weighted by Gasteiger charge is 2.27. The molecule has 0 saturated heterocycles. The fraction of sp³-hybridized carbons (Fsp3) is 0.194. The number of aryl methyl sites for hydroxylation is 1. The molecule has 0 spiro atoms. The van der Waals surface area contributed by atoms with Gasteiger partial charge in [-0.1, -0.05) is 48.5 Å². The highest BCUT2D eigenvalue weighted by atomic mass is 32.2. The van der Waals surface area contributed by atoms with E-state index in [4.69, 9.17) is 9.47 Å². The van der Waals surface area contributed by atoms with E-state index >= 15 is 0 Å². The van der Waals surface area contributed by atoms with Crippen LogP contribution >= 0.6 is 0 Å². The van der Waals surface area contributed by atoms with Gasteiger partial charge in [0, 0.05) is 40.1 Å². The average molecular weight is 558 g/mol. The molecule has 1 heterocycles. The number of anilines is 1. The van der Waals surface area contributed by atoms with Gasteiger partial charge >= 0.3 is 0 Å². The summed E-state index contributed by atoms with van der Waals surface area (Å²) in [5.41, 5.74) is 3.59. The molecule has 0 radical (unpaired) electrons. The highest BCUT2D eigenvalue weighted by Crippen LogP contribution is 2.32. The molecular weight excluding hydrogens is 526 g/mol. The highest BCUT2D eigenvalue weighted by molar-refractivity contribution is 7.89. The lowest BCUT2D eigenvalue weighted by atomic mass is 10.1. The molecule has 1 aromatic heterocycles. The lowest BCUT2D eigenvalue weighted by molar-refractivity contribution is -0.117. The number of aromatic nitrogens is 1. The van der Waals surface area contributed by atoms with Crippen LogP contribution in [0.15, 0.2) is 95.9 Å². The maximum absolute atomic E-state index is 13.6. The molecule has 4 aromatic carbocycles. The Labute approximate surface area is 233 Å². The van der Waals surface area contributed by atoms with Crippen LogP contribution in [0.25, 0.3) is 21.8 Å². The molecule has 1 amide bonds. The molecule has 2 N–H and O–H groups in total. The summed E-state index contributed by atoms with van der Waals surface area (Å²) in [6.45, 7) is 2.91. The van der Waals surface area contributed by atoms with E-state index < -0.39 is 22.0 Å². The van der Waals surface area contributed by atoms with Gasteiger partial charge < -0.3 is 19.4 Å². The molecule has 0 aliphatic carbocycles. The fourth-order valence-corrected chi connectivity index (χ4v) is 6.19. The van der Waals surface area contributed by atoms with Crippen LogP contribution in [0.4, 0.5) is 5.69 Å². The van der Waals surface area contributed by atoms with Crippen molar-refractivity contribution in [3.8, 4) is 11.5 Å². The molecule has 5 rings (SSSR count). The van der Waals surface area contributed by atoms with Crippen molar-refractivity contribution in [2.45, 2.75) is 30.8 Å². The molecule has 8 nitrogen and oxygen atoms in total. The fourth-order valence-electron chi connectivity index (χ4n) is 4.98. The van der Waals surface area contributed by atoms with Crippen LogP contribution in [-0.4, -0.2) is 39.2 Å². The summed E-state index contributed by atoms with van der Waals surface area (Å²) in [6, 6.07) is 26.4. The molecular formula is C31H31N3O5S. The van der Waals surface area contributed by atoms with E-state index in [-0.39, 0.29) is 17.1 Å². The summed E-state index contributed by atoms with van der Waals surface area (Å²) < 4.78 is 42.2. The number of nitrogens with zero attached hydrogens (tertiary/aromatic N) is 1. The van der Waals surface area contributed by atoms with E-state index in [1.54, 1.807) is 0 Å². The minimum absolute atomic E-state index is 0.0372. The van der Waals surface area contributed by atoms with Crippen LogP contribution in [0.1, 0.15) is 12.5 Å². The number of para-hydroxylation sites is 1. The summed E-state index contributed by atoms with van der Waals surface area (Å²) in [7, 11) is -1.18. The van der Waals surface area contributed by atoms with Gasteiger partial charge in [-0.2, -0.15) is 4.72 Å². The molecule has 206 valence electrons. The Morgan fingerprint density at radius 2 is 1.52 bits per heavy atom. The van der Waals surface area contributed by atoms with Gasteiger partial charge in [0.05, 0.1) is 19.1 Å². The summed E-state index contributed by atoms with van der Waals surface area (Å²) in [5.74, 6) is 0.209. The first-order valence-electron chi connectivity index (χ1n) is 12.9. The number of carbonyl (C=O) groups excluding carboxylic acids is 1. The van der Waals surface area contributed by atoms with Crippen molar-refractivity contribution in [3.63, 3.8) is 0 Å². The van der Waals surface area contributed by atoms with Crippen LogP contribution in [0.2, 0.25) is 0 Å². The van der Waals surface area contributed by atoms with Gasteiger partial charge in [-0.15, -0.1) is 0 Å². The lowest BCUT2D eigenvalue weighted by Gasteiger charge is -2.19. The topological polar surface area (TPSA) is 98.7 Å². The van der Waals surface area contributed by atoms with E-state index in [9.17, 15) is 13.2 Å². The molecule has 40 heavy (non-hydrogen) atoms. The summed E-state index contributed by atoms with van der Waals surface area (Å²) in [6.07, 6.45) is 0.163. The van der Waals surface area contributed by atoms with E-state index in [1.807, 2.05) is 60.7 Å². The molecule has 0 fully saturated rings. The van der Waals surface area contributed by atoms with Crippen LogP contribution in [0.3, 0.4) is 0 Å². The monoisotopic (exact) mass is 557 g/mol. The SMILES string of the molecule is CCn1c2ccccc2c2cc(NC(=O)C(Cc3ccccc3)NS(=O)(=O)c3ccc(OC)c(OC)c3)ccc21. The van der Waals surface area contributed by atoms with Gasteiger partial charge in [0.1, 0.15) is 6.04 Å². The van der Waals surface area contributed by atoms with E-state index in [0.29, 0.717) is 11.4 Å². The molecule has 0 aliphatic heterocycles. The number of sulfonamides is 1. The molecule has 0 saturated carbocycles. The van der Waals surface area contributed by atoms with Gasteiger partial charge in [0.15, 0.2) is 11.5 Å². The Morgan fingerprint density at radius 3 is 2.25 bits per heavy atom. The maximum atomic E-state index is 13.6. The Kier molecular flexibility index (Phi) is 7.77. The third-order valence-corrected chi connectivity index (χ3v) is 8.39. The van der Waals surface area contributed by atoms with Crippen molar-refractivity contribution in [1.82, 2.24) is 9.29 Å². The lowest BCUT2D eigenvalue weighted by Crippen LogP contribution is -2.45. The number of rotatable bonds is 10. The number of fused-ring (bicyclic) bond motifs is 3. The normalized spacial score (nSPS) is 12.4. The second kappa shape index (κ2) is 11.4. The van der Waals surface area contributed by atoms with Crippen LogP contribution in [-0.2, 0) is 27.8 Å². The van der Waals surface area contributed by atoms with Crippen LogP contribution in [0, 0.1) is 0 Å². The maximum Gasteiger partial charge on any atom is 0.242 e. The Bertz CT molecular complexity index is 1780. The Hall–Kier alpha value is -4.34. The van der Waals surface area contributed by atoms with Gasteiger partial charge in [-0.05, 0) is 55.3 Å². The first-order valence-corrected chi connectivity index (χ1v) is 14.4. The van der Waals surface area contributed by atoms with Gasteiger partial charge in [-0.25, -0.2) is 8.42 Å². The number of carbonyl (C=O) groups is 1. The quantitative estimate of drug-likeness (QED) is 0.241. The predicted octanol–water partition coefficient (Wildman–Crippen LogP) is 5.36. The predicted molar refractivity (Wildman–Crippen MR) is 158 cm³/mol. The summed E-state index contributed by atoms with van der Waals surface area (Å²) >= 11 is 0. The average Bonchev–Trinajstić information content (AvgIpc) is 3.29. The minimum atomic E-state index is -4.09. The molecule has 5 aromatic rings. The molecule has 1 atom stereocenters. The van der Waals surface area contributed by atoms with Crippen molar-refractivity contribution in [2.24, 2.45) is 0 Å². The molecule has 1 unspecified atom stereocenters. The van der Waals surface area contributed by atoms with Crippen molar-refractivity contribution in [2.75, 3.05) is 19.5 Å². The van der Waals surface area contributed by atoms with Crippen molar-refractivity contribution in [1.29, 1.82) is 0 Å².